The molecule has 1 atom stereocenters. The van der Waals surface area contributed by atoms with Gasteiger partial charge in [-0.2, -0.15) is 5.26 Å². The van der Waals surface area contributed by atoms with E-state index >= 15 is 0 Å². The number of hydrogen-bond donors (Lipinski definition) is 0. The number of aryl methyl sites for hydroxylation is 1. The minimum Gasteiger partial charge on any atom is -0.497 e. The third-order valence-electron chi connectivity index (χ3n) is 3.58. The minimum atomic E-state index is -0.670. The van der Waals surface area contributed by atoms with Crippen LogP contribution in [0.1, 0.15) is 30.9 Å². The largest absolute Gasteiger partial charge is 0.497 e. The molecule has 2 rings (SSSR count). The summed E-state index contributed by atoms with van der Waals surface area (Å²) in [5.41, 5.74) is 1.44. The normalized spacial score (nSPS) is 22.8. The molecular formula is C14H15NO2. The molecule has 0 saturated carbocycles. The molecule has 17 heavy (non-hydrogen) atoms. The van der Waals surface area contributed by atoms with Crippen molar-refractivity contribution in [3.8, 4) is 11.8 Å². The van der Waals surface area contributed by atoms with Gasteiger partial charge < -0.3 is 4.74 Å². The number of carbonyl (C=O) groups excluding carboxylic acids is 1. The molecule has 0 spiro atoms. The Kier molecular flexibility index (Phi) is 2.89. The van der Waals surface area contributed by atoms with Crippen molar-refractivity contribution in [2.45, 2.75) is 31.6 Å². The Balaban J connectivity index is 2.57. The monoisotopic (exact) mass is 229 g/mol. The number of Topliss-reactive ketones (excluding diaryl/α,β-unsaturated/α-hetero) is 1. The van der Waals surface area contributed by atoms with E-state index in [9.17, 15) is 4.79 Å². The van der Waals surface area contributed by atoms with Gasteiger partial charge in [0.15, 0.2) is 0 Å². The van der Waals surface area contributed by atoms with Crippen molar-refractivity contribution in [1.29, 1.82) is 5.26 Å². The predicted octanol–water partition coefficient (Wildman–Crippen LogP) is 2.38. The van der Waals surface area contributed by atoms with Crippen molar-refractivity contribution in [2.75, 3.05) is 7.11 Å². The molecule has 1 aliphatic carbocycles. The Morgan fingerprint density at radius 2 is 2.24 bits per heavy atom. The van der Waals surface area contributed by atoms with Crippen LogP contribution in [0.25, 0.3) is 0 Å². The first-order chi connectivity index (χ1) is 8.11. The summed E-state index contributed by atoms with van der Waals surface area (Å²) in [5.74, 6) is 0.891. The van der Waals surface area contributed by atoms with Crippen molar-refractivity contribution in [2.24, 2.45) is 0 Å². The maximum absolute atomic E-state index is 12.1. The van der Waals surface area contributed by atoms with Gasteiger partial charge in [0.25, 0.3) is 0 Å². The van der Waals surface area contributed by atoms with Crippen LogP contribution in [0, 0.1) is 11.3 Å². The van der Waals surface area contributed by atoms with E-state index in [1.54, 1.807) is 7.11 Å². The van der Waals surface area contributed by atoms with Gasteiger partial charge in [0.2, 0.25) is 0 Å². The Hall–Kier alpha value is -1.82. The van der Waals surface area contributed by atoms with Crippen LogP contribution < -0.4 is 4.74 Å². The Morgan fingerprint density at radius 1 is 1.47 bits per heavy atom. The molecule has 0 heterocycles. The second-order valence-electron chi connectivity index (χ2n) is 4.61. The summed E-state index contributed by atoms with van der Waals surface area (Å²) in [7, 11) is 1.61. The summed E-state index contributed by atoms with van der Waals surface area (Å²) in [6, 6.07) is 7.92. The first-order valence-electron chi connectivity index (χ1n) is 5.69. The van der Waals surface area contributed by atoms with Gasteiger partial charge >= 0.3 is 0 Å². The van der Waals surface area contributed by atoms with Crippen molar-refractivity contribution in [1.82, 2.24) is 0 Å². The molecule has 1 aromatic rings. The second kappa shape index (κ2) is 4.21. The van der Waals surface area contributed by atoms with Gasteiger partial charge in [0.1, 0.15) is 11.5 Å². The molecular weight excluding hydrogens is 214 g/mol. The summed E-state index contributed by atoms with van der Waals surface area (Å²) in [6.07, 6.45) is 1.52. The van der Waals surface area contributed by atoms with Gasteiger partial charge in [-0.1, -0.05) is 6.07 Å². The number of carbonyl (C=O) groups is 1. The lowest BCUT2D eigenvalue weighted by molar-refractivity contribution is -0.124. The average molecular weight is 229 g/mol. The summed E-state index contributed by atoms with van der Waals surface area (Å²) < 4.78 is 5.19. The second-order valence-corrected chi connectivity index (χ2v) is 4.61. The SMILES string of the molecule is COc1ccc2c(c1)[C@@](C)(CC#N)C(=O)CC2. The molecule has 88 valence electrons. The Labute approximate surface area is 101 Å². The highest BCUT2D eigenvalue weighted by atomic mass is 16.5. The van der Waals surface area contributed by atoms with E-state index in [0.29, 0.717) is 6.42 Å². The van der Waals surface area contributed by atoms with E-state index in [-0.39, 0.29) is 12.2 Å². The molecule has 0 radical (unpaired) electrons. The van der Waals surface area contributed by atoms with E-state index in [1.807, 2.05) is 25.1 Å². The number of nitriles is 1. The lowest BCUT2D eigenvalue weighted by Gasteiger charge is -2.32. The highest BCUT2D eigenvalue weighted by molar-refractivity contribution is 5.92. The molecule has 0 amide bonds. The fourth-order valence-electron chi connectivity index (χ4n) is 2.44. The van der Waals surface area contributed by atoms with E-state index in [1.165, 1.54) is 0 Å². The molecule has 3 heteroatoms. The first kappa shape index (κ1) is 11.7. The number of ether oxygens (including phenoxy) is 1. The van der Waals surface area contributed by atoms with Gasteiger partial charge in [-0.3, -0.25) is 4.79 Å². The van der Waals surface area contributed by atoms with Crippen LogP contribution in [0.2, 0.25) is 0 Å². The fourth-order valence-corrected chi connectivity index (χ4v) is 2.44. The van der Waals surface area contributed by atoms with Crippen LogP contribution in [-0.4, -0.2) is 12.9 Å². The average Bonchev–Trinajstić information content (AvgIpc) is 2.34. The number of nitrogens with zero attached hydrogens (tertiary/aromatic N) is 1. The fraction of sp³-hybridized carbons (Fsp3) is 0.429. The van der Waals surface area contributed by atoms with Gasteiger partial charge in [-0.05, 0) is 36.6 Å². The Morgan fingerprint density at radius 3 is 2.88 bits per heavy atom. The lowest BCUT2D eigenvalue weighted by Crippen LogP contribution is -2.37. The molecule has 1 aromatic carbocycles. The number of hydrogen-bond acceptors (Lipinski definition) is 3. The molecule has 0 N–H and O–H groups in total. The van der Waals surface area contributed by atoms with Gasteiger partial charge in [0.05, 0.1) is 25.0 Å². The number of ketones is 1. The van der Waals surface area contributed by atoms with Crippen molar-refractivity contribution < 1.29 is 9.53 Å². The summed E-state index contributed by atoms with van der Waals surface area (Å²) in [5, 5.41) is 8.92. The Bertz CT molecular complexity index is 501. The number of rotatable bonds is 2. The maximum Gasteiger partial charge on any atom is 0.144 e. The van der Waals surface area contributed by atoms with Gasteiger partial charge in [-0.15, -0.1) is 0 Å². The molecule has 0 aromatic heterocycles. The van der Waals surface area contributed by atoms with Gasteiger partial charge in [0, 0.05) is 6.42 Å². The van der Waals surface area contributed by atoms with Crippen molar-refractivity contribution >= 4 is 5.78 Å². The predicted molar refractivity (Wildman–Crippen MR) is 63.9 cm³/mol. The zero-order valence-electron chi connectivity index (χ0n) is 10.1. The van der Waals surface area contributed by atoms with E-state index < -0.39 is 5.41 Å². The van der Waals surface area contributed by atoms with Crippen LogP contribution in [0.5, 0.6) is 5.75 Å². The quantitative estimate of drug-likeness (QED) is 0.782. The van der Waals surface area contributed by atoms with Gasteiger partial charge in [-0.25, -0.2) is 0 Å². The summed E-state index contributed by atoms with van der Waals surface area (Å²) in [6.45, 7) is 1.86. The first-order valence-corrected chi connectivity index (χ1v) is 5.69. The van der Waals surface area contributed by atoms with Crippen LogP contribution in [0.15, 0.2) is 18.2 Å². The lowest BCUT2D eigenvalue weighted by atomic mass is 9.69. The van der Waals surface area contributed by atoms with Crippen LogP contribution in [0.4, 0.5) is 0 Å². The molecule has 0 bridgehead atoms. The summed E-state index contributed by atoms with van der Waals surface area (Å²) in [4.78, 5) is 12.1. The van der Waals surface area contributed by atoms with Crippen LogP contribution in [-0.2, 0) is 16.6 Å². The zero-order chi connectivity index (χ0) is 12.5. The number of benzene rings is 1. The molecule has 0 fully saturated rings. The van der Waals surface area contributed by atoms with Crippen LogP contribution in [0.3, 0.4) is 0 Å². The molecule has 0 aliphatic heterocycles. The molecule has 0 unspecified atom stereocenters. The topological polar surface area (TPSA) is 50.1 Å². The smallest absolute Gasteiger partial charge is 0.144 e. The maximum atomic E-state index is 12.1. The van der Waals surface area contributed by atoms with Crippen molar-refractivity contribution in [3.05, 3.63) is 29.3 Å². The molecule has 3 nitrogen and oxygen atoms in total. The third-order valence-corrected chi connectivity index (χ3v) is 3.58. The van der Waals surface area contributed by atoms with E-state index in [2.05, 4.69) is 6.07 Å². The van der Waals surface area contributed by atoms with E-state index in [0.717, 1.165) is 23.3 Å². The third kappa shape index (κ3) is 1.80. The highest BCUT2D eigenvalue weighted by Gasteiger charge is 2.39. The minimum absolute atomic E-state index is 0.153. The number of fused-ring (bicyclic) bond motifs is 1. The number of methoxy groups -OCH3 is 1. The summed E-state index contributed by atoms with van der Waals surface area (Å²) >= 11 is 0. The molecule has 1 aliphatic rings. The zero-order valence-corrected chi connectivity index (χ0v) is 10.1. The van der Waals surface area contributed by atoms with E-state index in [4.69, 9.17) is 10.00 Å². The van der Waals surface area contributed by atoms with Crippen LogP contribution >= 0.6 is 0 Å². The molecule has 0 saturated heterocycles. The van der Waals surface area contributed by atoms with Crippen molar-refractivity contribution in [3.63, 3.8) is 0 Å². The standard InChI is InChI=1S/C14H15NO2/c1-14(7-8-15)12-9-11(17-2)5-3-10(12)4-6-13(14)16/h3,5,9H,4,6-7H2,1-2H3/t14-/m1/s1. The highest BCUT2D eigenvalue weighted by Crippen LogP contribution is 2.38.